The number of benzene rings is 1. The van der Waals surface area contributed by atoms with Crippen molar-refractivity contribution in [3.8, 4) is 0 Å². The quantitative estimate of drug-likeness (QED) is 0.831. The van der Waals surface area contributed by atoms with Crippen LogP contribution in [-0.4, -0.2) is 25.2 Å². The minimum Gasteiger partial charge on any atom is -0.366 e. The van der Waals surface area contributed by atoms with Crippen LogP contribution in [0.25, 0.3) is 0 Å². The number of nitrogens with zero attached hydrogens (tertiary/aromatic N) is 1. The molecule has 2 nitrogen and oxygen atoms in total. The van der Waals surface area contributed by atoms with Crippen molar-refractivity contribution in [1.29, 1.82) is 0 Å². The first-order valence-electron chi connectivity index (χ1n) is 7.66. The first-order valence-corrected chi connectivity index (χ1v) is 7.66. The van der Waals surface area contributed by atoms with Gasteiger partial charge in [-0.25, -0.2) is 0 Å². The predicted octanol–water partition coefficient (Wildman–Crippen LogP) is 3.31. The molecular weight excluding hydrogens is 232 g/mol. The molecule has 1 aromatic rings. The molecule has 0 aromatic heterocycles. The summed E-state index contributed by atoms with van der Waals surface area (Å²) in [6, 6.07) is 10.7. The average Bonchev–Trinajstić information content (AvgIpc) is 2.86. The van der Waals surface area contributed by atoms with Crippen LogP contribution in [-0.2, 0) is 5.41 Å². The van der Waals surface area contributed by atoms with Gasteiger partial charge in [0.2, 0.25) is 0 Å². The highest BCUT2D eigenvalue weighted by atomic mass is 15.2. The van der Waals surface area contributed by atoms with E-state index in [1.54, 1.807) is 0 Å². The Bertz CT molecular complexity index is 430. The molecule has 3 rings (SSSR count). The molecule has 1 heterocycles. The summed E-state index contributed by atoms with van der Waals surface area (Å²) in [6.07, 6.45) is 4.07. The number of hydrogen-bond donors (Lipinski definition) is 1. The lowest BCUT2D eigenvalue weighted by molar-refractivity contribution is 0.404. The summed E-state index contributed by atoms with van der Waals surface area (Å²) in [6.45, 7) is 9.11. The van der Waals surface area contributed by atoms with Gasteiger partial charge in [0.15, 0.2) is 0 Å². The van der Waals surface area contributed by atoms with Crippen molar-refractivity contribution in [2.24, 2.45) is 0 Å². The van der Waals surface area contributed by atoms with E-state index in [1.165, 1.54) is 30.5 Å². The van der Waals surface area contributed by atoms with Crippen LogP contribution in [0, 0.1) is 0 Å². The number of nitrogens with one attached hydrogen (secondary N) is 1. The summed E-state index contributed by atoms with van der Waals surface area (Å²) in [4.78, 5) is 2.63. The van der Waals surface area contributed by atoms with Crippen LogP contribution < -0.4 is 10.2 Å². The van der Waals surface area contributed by atoms with Crippen LogP contribution in [0.2, 0.25) is 0 Å². The van der Waals surface area contributed by atoms with E-state index in [0.717, 1.165) is 19.1 Å². The van der Waals surface area contributed by atoms with Crippen molar-refractivity contribution in [1.82, 2.24) is 5.32 Å². The third-order valence-corrected chi connectivity index (χ3v) is 4.70. The molecule has 1 aliphatic heterocycles. The van der Waals surface area contributed by atoms with Crippen LogP contribution in [0.15, 0.2) is 24.3 Å². The summed E-state index contributed by atoms with van der Waals surface area (Å²) >= 11 is 0. The molecule has 1 saturated carbocycles. The predicted molar refractivity (Wildman–Crippen MR) is 81.9 cm³/mol. The Morgan fingerprint density at radius 2 is 1.84 bits per heavy atom. The summed E-state index contributed by atoms with van der Waals surface area (Å²) in [7, 11) is 0. The minimum atomic E-state index is 0.248. The van der Waals surface area contributed by atoms with Gasteiger partial charge in [0.05, 0.1) is 0 Å². The van der Waals surface area contributed by atoms with E-state index in [4.69, 9.17) is 0 Å². The molecule has 104 valence electrons. The second-order valence-electron chi connectivity index (χ2n) is 7.05. The minimum absolute atomic E-state index is 0.248. The average molecular weight is 258 g/mol. The Balaban J connectivity index is 1.82. The Morgan fingerprint density at radius 1 is 1.11 bits per heavy atom. The summed E-state index contributed by atoms with van der Waals surface area (Å²) < 4.78 is 0. The molecule has 1 saturated heterocycles. The second kappa shape index (κ2) is 4.82. The number of fused-ring (bicyclic) bond motifs is 1. The molecule has 0 amide bonds. The molecule has 1 N–H and O–H groups in total. The molecular formula is C17H26N2. The van der Waals surface area contributed by atoms with Crippen molar-refractivity contribution >= 4 is 5.69 Å². The van der Waals surface area contributed by atoms with Gasteiger partial charge in [-0.3, -0.25) is 0 Å². The highest BCUT2D eigenvalue weighted by molar-refractivity contribution is 5.50. The van der Waals surface area contributed by atoms with E-state index in [2.05, 4.69) is 55.3 Å². The van der Waals surface area contributed by atoms with Gasteiger partial charge in [0.1, 0.15) is 0 Å². The third-order valence-electron chi connectivity index (χ3n) is 4.70. The Labute approximate surface area is 117 Å². The van der Waals surface area contributed by atoms with Gasteiger partial charge in [-0.05, 0) is 42.4 Å². The first-order chi connectivity index (χ1) is 9.05. The van der Waals surface area contributed by atoms with Gasteiger partial charge in [-0.1, -0.05) is 32.9 Å². The van der Waals surface area contributed by atoms with Crippen LogP contribution in [0.5, 0.6) is 0 Å². The van der Waals surface area contributed by atoms with Crippen molar-refractivity contribution in [3.05, 3.63) is 29.8 Å². The van der Waals surface area contributed by atoms with E-state index in [1.807, 2.05) is 0 Å². The molecule has 19 heavy (non-hydrogen) atoms. The standard InChI is InChI=1S/C17H26N2/c1-17(2,3)13-7-9-14(10-8-13)19-12-11-18-15-5-4-6-16(15)19/h7-10,15-16,18H,4-6,11-12H2,1-3H3/t15-,16+/m0/s1. The largest absolute Gasteiger partial charge is 0.366 e. The van der Waals surface area contributed by atoms with E-state index in [-0.39, 0.29) is 5.41 Å². The van der Waals surface area contributed by atoms with E-state index >= 15 is 0 Å². The maximum atomic E-state index is 3.67. The van der Waals surface area contributed by atoms with Crippen LogP contribution in [0.1, 0.15) is 45.6 Å². The number of rotatable bonds is 1. The fraction of sp³-hybridized carbons (Fsp3) is 0.647. The summed E-state index contributed by atoms with van der Waals surface area (Å²) in [5.74, 6) is 0. The first kappa shape index (κ1) is 13.0. The van der Waals surface area contributed by atoms with Gasteiger partial charge in [0, 0.05) is 30.9 Å². The lowest BCUT2D eigenvalue weighted by Gasteiger charge is -2.40. The topological polar surface area (TPSA) is 15.3 Å². The van der Waals surface area contributed by atoms with Crippen molar-refractivity contribution < 1.29 is 0 Å². The summed E-state index contributed by atoms with van der Waals surface area (Å²) in [5, 5.41) is 3.67. The van der Waals surface area contributed by atoms with Crippen molar-refractivity contribution in [2.75, 3.05) is 18.0 Å². The van der Waals surface area contributed by atoms with Gasteiger partial charge in [-0.2, -0.15) is 0 Å². The zero-order valence-corrected chi connectivity index (χ0v) is 12.4. The number of piperazine rings is 1. The van der Waals surface area contributed by atoms with Gasteiger partial charge < -0.3 is 10.2 Å². The van der Waals surface area contributed by atoms with Crippen LogP contribution in [0.3, 0.4) is 0 Å². The third kappa shape index (κ3) is 2.51. The molecule has 1 aliphatic carbocycles. The molecule has 2 heteroatoms. The second-order valence-corrected chi connectivity index (χ2v) is 7.05. The van der Waals surface area contributed by atoms with Crippen LogP contribution >= 0.6 is 0 Å². The van der Waals surface area contributed by atoms with Crippen LogP contribution in [0.4, 0.5) is 5.69 Å². The van der Waals surface area contributed by atoms with E-state index in [9.17, 15) is 0 Å². The molecule has 0 spiro atoms. The fourth-order valence-electron chi connectivity index (χ4n) is 3.56. The number of anilines is 1. The maximum Gasteiger partial charge on any atom is 0.0443 e. The Hall–Kier alpha value is -1.02. The molecule has 0 bridgehead atoms. The molecule has 1 aromatic carbocycles. The Morgan fingerprint density at radius 3 is 2.53 bits per heavy atom. The number of hydrogen-bond acceptors (Lipinski definition) is 2. The molecule has 2 atom stereocenters. The van der Waals surface area contributed by atoms with E-state index < -0.39 is 0 Å². The molecule has 0 unspecified atom stereocenters. The smallest absolute Gasteiger partial charge is 0.0443 e. The zero-order valence-electron chi connectivity index (χ0n) is 12.4. The lowest BCUT2D eigenvalue weighted by Crippen LogP contribution is -2.55. The maximum absolute atomic E-state index is 3.67. The lowest BCUT2D eigenvalue weighted by atomic mass is 9.87. The molecule has 2 aliphatic rings. The van der Waals surface area contributed by atoms with Crippen molar-refractivity contribution in [3.63, 3.8) is 0 Å². The molecule has 0 radical (unpaired) electrons. The monoisotopic (exact) mass is 258 g/mol. The van der Waals surface area contributed by atoms with Gasteiger partial charge >= 0.3 is 0 Å². The highest BCUT2D eigenvalue weighted by Gasteiger charge is 2.34. The Kier molecular flexibility index (Phi) is 3.30. The van der Waals surface area contributed by atoms with Gasteiger partial charge in [0.25, 0.3) is 0 Å². The van der Waals surface area contributed by atoms with Crippen molar-refractivity contribution in [2.45, 2.75) is 57.5 Å². The highest BCUT2D eigenvalue weighted by Crippen LogP contribution is 2.32. The normalized spacial score (nSPS) is 27.4. The fourth-order valence-corrected chi connectivity index (χ4v) is 3.56. The zero-order chi connectivity index (χ0) is 13.5. The van der Waals surface area contributed by atoms with Gasteiger partial charge in [-0.15, -0.1) is 0 Å². The summed E-state index contributed by atoms with van der Waals surface area (Å²) in [5.41, 5.74) is 3.08. The molecule has 2 fully saturated rings. The SMILES string of the molecule is CC(C)(C)c1ccc(N2CCN[C@H]3CCC[C@H]32)cc1. The van der Waals surface area contributed by atoms with E-state index in [0.29, 0.717) is 6.04 Å².